The maximum atomic E-state index is 2.50. The van der Waals surface area contributed by atoms with Gasteiger partial charge in [0.25, 0.3) is 0 Å². The lowest BCUT2D eigenvalue weighted by atomic mass is 9.70. The normalized spacial score (nSPS) is 12.0. The van der Waals surface area contributed by atoms with E-state index in [-0.39, 0.29) is 5.41 Å². The van der Waals surface area contributed by atoms with Crippen molar-refractivity contribution in [1.82, 2.24) is 0 Å². The van der Waals surface area contributed by atoms with Gasteiger partial charge >= 0.3 is 0 Å². The molecule has 0 radical (unpaired) electrons. The minimum Gasteiger partial charge on any atom is -0.0619 e. The monoisotopic (exact) mass is 1050 g/mol. The van der Waals surface area contributed by atoms with Gasteiger partial charge in [-0.25, -0.2) is 0 Å². The van der Waals surface area contributed by atoms with Gasteiger partial charge in [-0.1, -0.05) is 314 Å². The molecule has 0 unspecified atom stereocenters. The molecule has 14 aromatic rings. The van der Waals surface area contributed by atoms with Crippen molar-refractivity contribution < 1.29 is 0 Å². The zero-order valence-electron chi connectivity index (χ0n) is 47.1. The molecule has 0 heteroatoms. The van der Waals surface area contributed by atoms with Crippen LogP contribution in [-0.2, 0) is 11.8 Å². The first-order valence-corrected chi connectivity index (χ1v) is 28.8. The Balaban J connectivity index is 0.000000130. The molecule has 16 rings (SSSR count). The van der Waals surface area contributed by atoms with Crippen LogP contribution in [0.2, 0.25) is 0 Å². The first-order chi connectivity index (χ1) is 40.3. The van der Waals surface area contributed by atoms with Gasteiger partial charge in [0, 0.05) is 0 Å². The molecule has 82 heavy (non-hydrogen) atoms. The molecular formula is C82H64. The summed E-state index contributed by atoms with van der Waals surface area (Å²) in [6, 6.07) is 110. The second kappa shape index (κ2) is 22.3. The fraction of sp³-hybridized carbons (Fsp3) is 0.0732. The lowest BCUT2D eigenvalue weighted by molar-refractivity contribution is 0.791. The molecule has 1 spiro atoms. The summed E-state index contributed by atoms with van der Waals surface area (Å²) < 4.78 is 0. The van der Waals surface area contributed by atoms with Crippen molar-refractivity contribution in [1.29, 1.82) is 0 Å². The lowest BCUT2D eigenvalue weighted by Gasteiger charge is -2.31. The van der Waals surface area contributed by atoms with Gasteiger partial charge in [0.15, 0.2) is 0 Å². The third-order valence-electron chi connectivity index (χ3n) is 16.9. The highest BCUT2D eigenvalue weighted by Crippen LogP contribution is 2.63. The zero-order valence-corrected chi connectivity index (χ0v) is 47.1. The summed E-state index contributed by atoms with van der Waals surface area (Å²) in [5.41, 5.74) is 23.9. The number of aryl methyl sites for hydroxylation is 4. The Hall–Kier alpha value is -9.88. The minimum absolute atomic E-state index is 0.294. The van der Waals surface area contributed by atoms with Crippen LogP contribution in [0.25, 0.3) is 87.6 Å². The molecule has 0 fully saturated rings. The minimum atomic E-state index is -0.294. The third-order valence-corrected chi connectivity index (χ3v) is 16.9. The van der Waals surface area contributed by atoms with Gasteiger partial charge in [-0.3, -0.25) is 0 Å². The Morgan fingerprint density at radius 1 is 0.232 bits per heavy atom. The molecule has 0 N–H and O–H groups in total. The van der Waals surface area contributed by atoms with E-state index in [1.807, 2.05) is 0 Å². The summed E-state index contributed by atoms with van der Waals surface area (Å²) >= 11 is 0. The first-order valence-electron chi connectivity index (χ1n) is 28.8. The molecule has 0 nitrogen and oxygen atoms in total. The van der Waals surface area contributed by atoms with Crippen molar-refractivity contribution in [3.63, 3.8) is 0 Å². The van der Waals surface area contributed by atoms with Crippen LogP contribution in [0.4, 0.5) is 0 Å². The van der Waals surface area contributed by atoms with Crippen molar-refractivity contribution in [3.05, 3.63) is 359 Å². The van der Waals surface area contributed by atoms with Crippen LogP contribution >= 0.6 is 0 Å². The summed E-state index contributed by atoms with van der Waals surface area (Å²) in [6.07, 6.45) is 0.901. The second-order valence-electron chi connectivity index (χ2n) is 22.2. The van der Waals surface area contributed by atoms with Gasteiger partial charge in [-0.15, -0.1) is 0 Å². The fourth-order valence-electron chi connectivity index (χ4n) is 12.9. The summed E-state index contributed by atoms with van der Waals surface area (Å²) in [7, 11) is 0. The second-order valence-corrected chi connectivity index (χ2v) is 22.2. The predicted octanol–water partition coefficient (Wildman–Crippen LogP) is 21.9. The van der Waals surface area contributed by atoms with Crippen LogP contribution in [0.5, 0.6) is 0 Å². The largest absolute Gasteiger partial charge is 0.0725 e. The van der Waals surface area contributed by atoms with Gasteiger partial charge in [0.2, 0.25) is 0 Å². The van der Waals surface area contributed by atoms with Crippen LogP contribution in [0.15, 0.2) is 303 Å². The molecule has 392 valence electrons. The van der Waals surface area contributed by atoms with E-state index in [9.17, 15) is 0 Å². The first kappa shape index (κ1) is 51.6. The maximum Gasteiger partial charge on any atom is 0.0725 e. The number of rotatable bonds is 4. The molecule has 2 aliphatic carbocycles. The molecule has 14 aromatic carbocycles. The van der Waals surface area contributed by atoms with Crippen molar-refractivity contribution in [2.45, 2.75) is 39.5 Å². The number of benzene rings is 14. The van der Waals surface area contributed by atoms with Gasteiger partial charge in [0.05, 0.1) is 5.41 Å². The number of hydrogen-bond acceptors (Lipinski definition) is 0. The SMILES string of the molecule is Cc1ccc(-c2cccc3ccccc23)cc1.Cc1ccc2c(c1)C1(c3ccccc3-c3ccccc31)c1cc(Cc3ccc(-c4cccc5ccccc45)cc3)ccc1-2.Cc1cccc2ccccc12.Cc1cccc2ccccc12. The van der Waals surface area contributed by atoms with E-state index in [4.69, 9.17) is 0 Å². The molecule has 0 aliphatic heterocycles. The third kappa shape index (κ3) is 9.67. The zero-order chi connectivity index (χ0) is 55.6. The Labute approximate surface area is 483 Å². The highest BCUT2D eigenvalue weighted by molar-refractivity contribution is 5.99. The molecular weight excluding hydrogens is 985 g/mol. The van der Waals surface area contributed by atoms with Crippen LogP contribution in [0, 0.1) is 27.7 Å². The molecule has 2 aliphatic rings. The van der Waals surface area contributed by atoms with Gasteiger partial charge in [0.1, 0.15) is 0 Å². The van der Waals surface area contributed by atoms with Crippen LogP contribution in [0.1, 0.15) is 55.6 Å². The highest BCUT2D eigenvalue weighted by atomic mass is 14.5. The van der Waals surface area contributed by atoms with E-state index >= 15 is 0 Å². The average molecular weight is 1050 g/mol. The molecule has 0 bridgehead atoms. The smallest absolute Gasteiger partial charge is 0.0619 e. The predicted molar refractivity (Wildman–Crippen MR) is 351 cm³/mol. The van der Waals surface area contributed by atoms with E-state index in [0.717, 1.165) is 6.42 Å². The summed E-state index contributed by atoms with van der Waals surface area (Å²) in [6.45, 7) is 8.62. The Kier molecular flexibility index (Phi) is 14.0. The van der Waals surface area contributed by atoms with Crippen molar-refractivity contribution in [2.24, 2.45) is 0 Å². The van der Waals surface area contributed by atoms with Gasteiger partial charge in [-0.2, -0.15) is 0 Å². The Morgan fingerprint density at radius 2 is 0.573 bits per heavy atom. The van der Waals surface area contributed by atoms with Crippen LogP contribution in [0.3, 0.4) is 0 Å². The van der Waals surface area contributed by atoms with E-state index < -0.39 is 0 Å². The van der Waals surface area contributed by atoms with Crippen LogP contribution < -0.4 is 0 Å². The number of hydrogen-bond donors (Lipinski definition) is 0. The summed E-state index contributed by atoms with van der Waals surface area (Å²) in [5, 5.41) is 10.6. The summed E-state index contributed by atoms with van der Waals surface area (Å²) in [4.78, 5) is 0. The molecule has 0 atom stereocenters. The van der Waals surface area contributed by atoms with E-state index in [2.05, 4.69) is 331 Å². The van der Waals surface area contributed by atoms with E-state index in [1.54, 1.807) is 0 Å². The Bertz CT molecular complexity index is 4490. The molecule has 0 aromatic heterocycles. The molecule has 0 amide bonds. The van der Waals surface area contributed by atoms with Gasteiger partial charge in [-0.05, 0) is 166 Å². The maximum absolute atomic E-state index is 2.50. The molecule has 0 heterocycles. The van der Waals surface area contributed by atoms with E-state index in [0.29, 0.717) is 0 Å². The van der Waals surface area contributed by atoms with Gasteiger partial charge < -0.3 is 0 Å². The Morgan fingerprint density at radius 3 is 1.07 bits per heavy atom. The topological polar surface area (TPSA) is 0 Å². The number of fused-ring (bicyclic) bond motifs is 14. The summed E-state index contributed by atoms with van der Waals surface area (Å²) in [5.74, 6) is 0. The fourth-order valence-corrected chi connectivity index (χ4v) is 12.9. The quantitative estimate of drug-likeness (QED) is 0.165. The lowest BCUT2D eigenvalue weighted by Crippen LogP contribution is -2.26. The standard InChI is InChI=1S/C43H30.C17H14.2C11H10/c1-28-17-23-37-38-24-20-30(26-29-18-21-32(22-19-29)34-14-8-10-31-9-2-3-11-33(31)34)27-42(38)43(41(37)25-28)39-15-6-4-12-35(39)36-13-5-7-16-40(36)43;1-13-9-11-15(12-10-13)17-8-4-6-14-5-2-3-7-16(14)17;2*1-9-5-4-7-10-6-2-3-8-11(9)10/h2-25,27H,26H2,1H3;2-12H,1H3;2*2-8H,1H3. The van der Waals surface area contributed by atoms with Crippen LogP contribution in [-0.4, -0.2) is 0 Å². The van der Waals surface area contributed by atoms with E-state index in [1.165, 1.54) is 143 Å². The molecule has 0 saturated carbocycles. The average Bonchev–Trinajstić information content (AvgIpc) is 1.67. The van der Waals surface area contributed by atoms with Crippen molar-refractivity contribution >= 4 is 43.1 Å². The van der Waals surface area contributed by atoms with Crippen molar-refractivity contribution in [2.75, 3.05) is 0 Å². The van der Waals surface area contributed by atoms with Crippen molar-refractivity contribution in [3.8, 4) is 44.5 Å². The molecule has 0 saturated heterocycles. The highest BCUT2D eigenvalue weighted by Gasteiger charge is 2.51.